The maximum atomic E-state index is 12.7. The Morgan fingerprint density at radius 1 is 1.42 bits per heavy atom. The summed E-state index contributed by atoms with van der Waals surface area (Å²) in [6.45, 7) is 8.65. The second kappa shape index (κ2) is 7.18. The Hall–Kier alpha value is -2.14. The normalized spacial score (nSPS) is 19.4. The van der Waals surface area contributed by atoms with Crippen molar-refractivity contribution >= 4 is 5.91 Å². The summed E-state index contributed by atoms with van der Waals surface area (Å²) in [4.78, 5) is 17.1. The predicted molar refractivity (Wildman–Crippen MR) is 92.8 cm³/mol. The lowest BCUT2D eigenvalue weighted by molar-refractivity contribution is 0.0647. The van der Waals surface area contributed by atoms with Gasteiger partial charge in [0.05, 0.1) is 5.69 Å². The second-order valence-electron chi connectivity index (χ2n) is 6.45. The number of likely N-dealkylation sites (N-methyl/N-ethyl adjacent to an activating group) is 1. The highest BCUT2D eigenvalue weighted by atomic mass is 16.5. The average Bonchev–Trinajstić information content (AvgIpc) is 3.25. The molecule has 1 aliphatic heterocycles. The summed E-state index contributed by atoms with van der Waals surface area (Å²) in [5.41, 5.74) is 2.05. The minimum atomic E-state index is -0.0580. The van der Waals surface area contributed by atoms with E-state index in [1.54, 1.807) is 6.07 Å². The molecular formula is C19H25N3O2. The average molecular weight is 327 g/mol. The standard InChI is InChI=1S/C19H25N3O2/c1-4-22(19(23)18-12-14(2)20-24-18)17-10-11-21(13-17)15(3)16-8-6-5-7-9-16/h5-9,12,15,17H,4,10-11,13H2,1-3H3/t15-,17+/m0/s1. The van der Waals surface area contributed by atoms with Crippen LogP contribution in [0.3, 0.4) is 0 Å². The Labute approximate surface area is 143 Å². The van der Waals surface area contributed by atoms with E-state index < -0.39 is 0 Å². The van der Waals surface area contributed by atoms with Crippen LogP contribution in [0.25, 0.3) is 0 Å². The summed E-state index contributed by atoms with van der Waals surface area (Å²) in [5, 5.41) is 3.83. The van der Waals surface area contributed by atoms with Crippen LogP contribution in [-0.4, -0.2) is 46.5 Å². The van der Waals surface area contributed by atoms with Gasteiger partial charge in [-0.2, -0.15) is 0 Å². The van der Waals surface area contributed by atoms with Crippen molar-refractivity contribution < 1.29 is 9.32 Å². The number of aromatic nitrogens is 1. The van der Waals surface area contributed by atoms with Crippen LogP contribution >= 0.6 is 0 Å². The van der Waals surface area contributed by atoms with Gasteiger partial charge in [-0.1, -0.05) is 35.5 Å². The number of likely N-dealkylation sites (tertiary alicyclic amines) is 1. The number of nitrogens with zero attached hydrogens (tertiary/aromatic N) is 3. The van der Waals surface area contributed by atoms with Crippen LogP contribution in [0.15, 0.2) is 40.9 Å². The molecule has 2 atom stereocenters. The molecule has 128 valence electrons. The van der Waals surface area contributed by atoms with E-state index >= 15 is 0 Å². The van der Waals surface area contributed by atoms with E-state index in [1.807, 2.05) is 24.8 Å². The molecule has 2 heterocycles. The molecule has 2 aromatic rings. The second-order valence-corrected chi connectivity index (χ2v) is 6.45. The SMILES string of the molecule is CCN(C(=O)c1cc(C)no1)[C@@H]1CCN([C@@H](C)c2ccccc2)C1. The first-order valence-corrected chi connectivity index (χ1v) is 8.63. The van der Waals surface area contributed by atoms with E-state index in [0.29, 0.717) is 18.3 Å². The molecule has 0 aliphatic carbocycles. The zero-order valence-electron chi connectivity index (χ0n) is 14.6. The van der Waals surface area contributed by atoms with Crippen molar-refractivity contribution in [2.75, 3.05) is 19.6 Å². The van der Waals surface area contributed by atoms with Gasteiger partial charge in [0.25, 0.3) is 5.91 Å². The summed E-state index contributed by atoms with van der Waals surface area (Å²) in [6, 6.07) is 12.8. The molecule has 0 saturated carbocycles. The Balaban J connectivity index is 1.68. The molecule has 1 aromatic carbocycles. The molecule has 0 radical (unpaired) electrons. The van der Waals surface area contributed by atoms with Gasteiger partial charge < -0.3 is 9.42 Å². The molecule has 0 spiro atoms. The number of hydrogen-bond acceptors (Lipinski definition) is 4. The van der Waals surface area contributed by atoms with Crippen LogP contribution in [0.1, 0.15) is 48.1 Å². The van der Waals surface area contributed by atoms with Crippen molar-refractivity contribution in [2.45, 2.75) is 39.3 Å². The molecule has 5 heteroatoms. The molecule has 1 fully saturated rings. The molecule has 0 unspecified atom stereocenters. The van der Waals surface area contributed by atoms with Gasteiger partial charge in [0.15, 0.2) is 0 Å². The Morgan fingerprint density at radius 2 is 2.17 bits per heavy atom. The van der Waals surface area contributed by atoms with Crippen LogP contribution < -0.4 is 0 Å². The van der Waals surface area contributed by atoms with Gasteiger partial charge >= 0.3 is 0 Å². The highest BCUT2D eigenvalue weighted by Gasteiger charge is 2.33. The molecular weight excluding hydrogens is 302 g/mol. The maximum Gasteiger partial charge on any atom is 0.292 e. The number of carbonyl (C=O) groups excluding carboxylic acids is 1. The van der Waals surface area contributed by atoms with Crippen LogP contribution in [0.5, 0.6) is 0 Å². The third-order valence-corrected chi connectivity index (χ3v) is 4.91. The largest absolute Gasteiger partial charge is 0.351 e. The van der Waals surface area contributed by atoms with E-state index in [0.717, 1.165) is 25.2 Å². The van der Waals surface area contributed by atoms with E-state index in [-0.39, 0.29) is 11.9 Å². The maximum absolute atomic E-state index is 12.7. The van der Waals surface area contributed by atoms with Crippen molar-refractivity contribution in [1.82, 2.24) is 15.0 Å². The number of amides is 1. The van der Waals surface area contributed by atoms with Crippen molar-refractivity contribution in [1.29, 1.82) is 0 Å². The van der Waals surface area contributed by atoms with Crippen LogP contribution in [0, 0.1) is 6.92 Å². The Kier molecular flexibility index (Phi) is 5.00. The monoisotopic (exact) mass is 327 g/mol. The first kappa shape index (κ1) is 16.7. The highest BCUT2D eigenvalue weighted by Crippen LogP contribution is 2.27. The smallest absolute Gasteiger partial charge is 0.292 e. The fourth-order valence-corrected chi connectivity index (χ4v) is 3.49. The fraction of sp³-hybridized carbons (Fsp3) is 0.474. The number of aryl methyl sites for hydroxylation is 1. The summed E-state index contributed by atoms with van der Waals surface area (Å²) >= 11 is 0. The topological polar surface area (TPSA) is 49.6 Å². The summed E-state index contributed by atoms with van der Waals surface area (Å²) in [7, 11) is 0. The minimum Gasteiger partial charge on any atom is -0.351 e. The molecule has 1 aliphatic rings. The molecule has 1 aromatic heterocycles. The Morgan fingerprint density at radius 3 is 2.79 bits per heavy atom. The first-order valence-electron chi connectivity index (χ1n) is 8.63. The molecule has 1 amide bonds. The van der Waals surface area contributed by atoms with E-state index in [1.165, 1.54) is 5.56 Å². The van der Waals surface area contributed by atoms with Crippen molar-refractivity contribution in [3.05, 3.63) is 53.4 Å². The fourth-order valence-electron chi connectivity index (χ4n) is 3.49. The quantitative estimate of drug-likeness (QED) is 0.845. The molecule has 1 saturated heterocycles. The minimum absolute atomic E-state index is 0.0580. The third-order valence-electron chi connectivity index (χ3n) is 4.91. The number of carbonyl (C=O) groups is 1. The van der Waals surface area contributed by atoms with Gasteiger partial charge in [0.2, 0.25) is 5.76 Å². The summed E-state index contributed by atoms with van der Waals surface area (Å²) in [5.74, 6) is 0.279. The molecule has 5 nitrogen and oxygen atoms in total. The highest BCUT2D eigenvalue weighted by molar-refractivity contribution is 5.91. The third kappa shape index (κ3) is 3.36. The molecule has 24 heavy (non-hydrogen) atoms. The first-order chi connectivity index (χ1) is 11.6. The van der Waals surface area contributed by atoms with Gasteiger partial charge in [-0.3, -0.25) is 9.69 Å². The number of hydrogen-bond donors (Lipinski definition) is 0. The van der Waals surface area contributed by atoms with Gasteiger partial charge in [0, 0.05) is 37.8 Å². The lowest BCUT2D eigenvalue weighted by atomic mass is 10.1. The lowest BCUT2D eigenvalue weighted by Crippen LogP contribution is -2.42. The lowest BCUT2D eigenvalue weighted by Gasteiger charge is -2.29. The van der Waals surface area contributed by atoms with Crippen LogP contribution in [0.2, 0.25) is 0 Å². The Bertz CT molecular complexity index is 683. The van der Waals surface area contributed by atoms with Gasteiger partial charge in [0.1, 0.15) is 0 Å². The zero-order chi connectivity index (χ0) is 17.1. The van der Waals surface area contributed by atoms with Gasteiger partial charge in [-0.25, -0.2) is 0 Å². The van der Waals surface area contributed by atoms with Crippen molar-refractivity contribution in [2.24, 2.45) is 0 Å². The molecule has 0 bridgehead atoms. The molecule has 0 N–H and O–H groups in total. The van der Waals surface area contributed by atoms with Gasteiger partial charge in [-0.15, -0.1) is 0 Å². The van der Waals surface area contributed by atoms with Crippen molar-refractivity contribution in [3.8, 4) is 0 Å². The molecule has 3 rings (SSSR count). The van der Waals surface area contributed by atoms with Crippen molar-refractivity contribution in [3.63, 3.8) is 0 Å². The zero-order valence-corrected chi connectivity index (χ0v) is 14.6. The predicted octanol–water partition coefficient (Wildman–Crippen LogP) is 3.28. The van der Waals surface area contributed by atoms with Gasteiger partial charge in [-0.05, 0) is 32.8 Å². The summed E-state index contributed by atoms with van der Waals surface area (Å²) < 4.78 is 5.16. The van der Waals surface area contributed by atoms with E-state index in [2.05, 4.69) is 41.2 Å². The van der Waals surface area contributed by atoms with E-state index in [9.17, 15) is 4.79 Å². The summed E-state index contributed by atoms with van der Waals surface area (Å²) in [6.07, 6.45) is 0.990. The van der Waals surface area contributed by atoms with Crippen LogP contribution in [0.4, 0.5) is 0 Å². The van der Waals surface area contributed by atoms with Crippen LogP contribution in [-0.2, 0) is 0 Å². The van der Waals surface area contributed by atoms with E-state index in [4.69, 9.17) is 4.52 Å². The number of benzene rings is 1. The number of rotatable bonds is 5.